The van der Waals surface area contributed by atoms with E-state index in [1.807, 2.05) is 14.1 Å². The average Bonchev–Trinajstić information content (AvgIpc) is 1.98. The van der Waals surface area contributed by atoms with Crippen molar-refractivity contribution in [1.82, 2.24) is 9.80 Å². The van der Waals surface area contributed by atoms with Gasteiger partial charge in [-0.3, -0.25) is 4.79 Å². The van der Waals surface area contributed by atoms with Gasteiger partial charge >= 0.3 is 0 Å². The predicted molar refractivity (Wildman–Crippen MR) is 65.3 cm³/mol. The Hall–Kier alpha value is -0.280. The highest BCUT2D eigenvalue weighted by Crippen LogP contribution is 2.18. The fraction of sp³-hybridized carbons (Fsp3) is 0.909. The summed E-state index contributed by atoms with van der Waals surface area (Å²) in [6, 6.07) is 0. The molecular formula is C11H23ClN2O. The summed E-state index contributed by atoms with van der Waals surface area (Å²) in [7, 11) is 5.88. The van der Waals surface area contributed by atoms with Crippen LogP contribution in [0.3, 0.4) is 0 Å². The molecule has 4 heteroatoms. The average molecular weight is 235 g/mol. The molecule has 0 aromatic heterocycles. The van der Waals surface area contributed by atoms with Crippen LogP contribution in [0.15, 0.2) is 0 Å². The lowest BCUT2D eigenvalue weighted by Crippen LogP contribution is -2.43. The molecule has 0 saturated heterocycles. The van der Waals surface area contributed by atoms with Gasteiger partial charge in [0.15, 0.2) is 0 Å². The smallest absolute Gasteiger partial charge is 0.240 e. The van der Waals surface area contributed by atoms with E-state index in [-0.39, 0.29) is 11.3 Å². The maximum Gasteiger partial charge on any atom is 0.240 e. The van der Waals surface area contributed by atoms with E-state index in [1.54, 1.807) is 18.9 Å². The van der Waals surface area contributed by atoms with Crippen LogP contribution in [0.1, 0.15) is 20.8 Å². The number of hydrogen-bond donors (Lipinski definition) is 0. The molecule has 15 heavy (non-hydrogen) atoms. The van der Waals surface area contributed by atoms with Gasteiger partial charge in [0.2, 0.25) is 5.91 Å². The number of carbonyl (C=O) groups is 1. The van der Waals surface area contributed by atoms with Crippen LogP contribution in [-0.2, 0) is 4.79 Å². The predicted octanol–water partition coefficient (Wildman–Crippen LogP) is 1.66. The normalized spacial score (nSPS) is 14.1. The van der Waals surface area contributed by atoms with Gasteiger partial charge in [-0.05, 0) is 26.4 Å². The molecule has 0 radical (unpaired) electrons. The van der Waals surface area contributed by atoms with Crippen molar-refractivity contribution in [2.75, 3.05) is 34.2 Å². The molecule has 0 saturated carbocycles. The topological polar surface area (TPSA) is 23.6 Å². The summed E-state index contributed by atoms with van der Waals surface area (Å²) in [5.41, 5.74) is 0.0830. The third-order valence-electron chi connectivity index (χ3n) is 2.13. The zero-order chi connectivity index (χ0) is 12.2. The maximum absolute atomic E-state index is 11.6. The highest BCUT2D eigenvalue weighted by atomic mass is 35.5. The largest absolute Gasteiger partial charge is 0.344 e. The first-order valence-electron chi connectivity index (χ1n) is 5.19. The van der Waals surface area contributed by atoms with Crippen molar-refractivity contribution in [1.29, 1.82) is 0 Å². The van der Waals surface area contributed by atoms with E-state index in [1.165, 1.54) is 0 Å². The third kappa shape index (κ3) is 6.00. The van der Waals surface area contributed by atoms with E-state index in [9.17, 15) is 4.79 Å². The maximum atomic E-state index is 11.6. The zero-order valence-corrected chi connectivity index (χ0v) is 11.4. The highest BCUT2D eigenvalue weighted by molar-refractivity contribution is 6.30. The summed E-state index contributed by atoms with van der Waals surface area (Å²) < 4.78 is 0. The Balaban J connectivity index is 4.26. The molecular weight excluding hydrogens is 212 g/mol. The lowest BCUT2D eigenvalue weighted by atomic mass is 9.92. The van der Waals surface area contributed by atoms with Gasteiger partial charge in [-0.1, -0.05) is 13.8 Å². The molecule has 90 valence electrons. The van der Waals surface area contributed by atoms with Gasteiger partial charge in [-0.15, -0.1) is 11.6 Å². The quantitative estimate of drug-likeness (QED) is 0.676. The first-order chi connectivity index (χ1) is 6.65. The van der Waals surface area contributed by atoms with E-state index in [4.69, 9.17) is 11.6 Å². The second-order valence-corrected chi connectivity index (χ2v) is 5.87. The fourth-order valence-corrected chi connectivity index (χ4v) is 2.10. The molecule has 1 amide bonds. The fourth-order valence-electron chi connectivity index (χ4n) is 1.93. The summed E-state index contributed by atoms with van der Waals surface area (Å²) in [6.07, 6.45) is 0. The SMILES string of the molecule is CC(Cl)C(=O)N(C)CC(C)(C)CN(C)C. The summed E-state index contributed by atoms with van der Waals surface area (Å²) in [6.45, 7) is 7.67. The molecule has 1 atom stereocenters. The first kappa shape index (κ1) is 14.7. The van der Waals surface area contributed by atoms with E-state index in [0.29, 0.717) is 0 Å². The summed E-state index contributed by atoms with van der Waals surface area (Å²) in [4.78, 5) is 15.4. The molecule has 0 bridgehead atoms. The number of amides is 1. The zero-order valence-electron chi connectivity index (χ0n) is 10.7. The van der Waals surface area contributed by atoms with Crippen LogP contribution in [-0.4, -0.2) is 55.3 Å². The molecule has 0 heterocycles. The molecule has 0 aliphatic carbocycles. The molecule has 0 aromatic rings. The van der Waals surface area contributed by atoms with Crippen LogP contribution in [0.25, 0.3) is 0 Å². The molecule has 0 aromatic carbocycles. The van der Waals surface area contributed by atoms with Gasteiger partial charge in [-0.25, -0.2) is 0 Å². The van der Waals surface area contributed by atoms with Gasteiger partial charge < -0.3 is 9.80 Å². The summed E-state index contributed by atoms with van der Waals surface area (Å²) in [5.74, 6) is -0.0107. The Kier molecular flexibility index (Phi) is 5.60. The summed E-state index contributed by atoms with van der Waals surface area (Å²) >= 11 is 5.76. The minimum Gasteiger partial charge on any atom is -0.344 e. The number of alkyl halides is 1. The molecule has 0 N–H and O–H groups in total. The van der Waals surface area contributed by atoms with Gasteiger partial charge in [0, 0.05) is 20.1 Å². The van der Waals surface area contributed by atoms with Gasteiger partial charge in [0.1, 0.15) is 5.38 Å². The van der Waals surface area contributed by atoms with Crippen LogP contribution in [0.2, 0.25) is 0 Å². The van der Waals surface area contributed by atoms with Crippen molar-refractivity contribution in [3.8, 4) is 0 Å². The van der Waals surface area contributed by atoms with E-state index < -0.39 is 5.38 Å². The Morgan fingerprint density at radius 2 is 1.73 bits per heavy atom. The second-order valence-electron chi connectivity index (χ2n) is 5.21. The van der Waals surface area contributed by atoms with Crippen LogP contribution in [0, 0.1) is 5.41 Å². The van der Waals surface area contributed by atoms with Crippen LogP contribution in [0.4, 0.5) is 0 Å². The number of halogens is 1. The van der Waals surface area contributed by atoms with Crippen LogP contribution >= 0.6 is 11.6 Å². The highest BCUT2D eigenvalue weighted by Gasteiger charge is 2.24. The molecule has 0 fully saturated rings. The van der Waals surface area contributed by atoms with E-state index in [2.05, 4.69) is 18.7 Å². The Morgan fingerprint density at radius 3 is 2.07 bits per heavy atom. The van der Waals surface area contributed by atoms with Crippen molar-refractivity contribution in [3.05, 3.63) is 0 Å². The number of rotatable bonds is 5. The number of hydrogen-bond acceptors (Lipinski definition) is 2. The van der Waals surface area contributed by atoms with Crippen LogP contribution in [0.5, 0.6) is 0 Å². The standard InChI is InChI=1S/C11H23ClN2O/c1-9(12)10(15)14(6)8-11(2,3)7-13(4)5/h9H,7-8H2,1-6H3. The lowest BCUT2D eigenvalue weighted by Gasteiger charge is -2.33. The Labute approximate surface area is 98.4 Å². The second kappa shape index (κ2) is 5.71. The van der Waals surface area contributed by atoms with Crippen molar-refractivity contribution in [3.63, 3.8) is 0 Å². The Morgan fingerprint density at radius 1 is 1.27 bits per heavy atom. The van der Waals surface area contributed by atoms with E-state index in [0.717, 1.165) is 13.1 Å². The Bertz CT molecular complexity index is 215. The molecule has 0 rings (SSSR count). The van der Waals surface area contributed by atoms with Crippen LogP contribution < -0.4 is 0 Å². The van der Waals surface area contributed by atoms with Crippen molar-refractivity contribution < 1.29 is 4.79 Å². The molecule has 0 aliphatic heterocycles. The molecule has 3 nitrogen and oxygen atoms in total. The van der Waals surface area contributed by atoms with Crippen molar-refractivity contribution >= 4 is 17.5 Å². The minimum absolute atomic E-state index is 0.0107. The number of carbonyl (C=O) groups excluding carboxylic acids is 1. The third-order valence-corrected chi connectivity index (χ3v) is 2.31. The minimum atomic E-state index is -0.440. The molecule has 1 unspecified atom stereocenters. The van der Waals surface area contributed by atoms with Gasteiger partial charge in [-0.2, -0.15) is 0 Å². The van der Waals surface area contributed by atoms with Gasteiger partial charge in [0.25, 0.3) is 0 Å². The van der Waals surface area contributed by atoms with Crippen molar-refractivity contribution in [2.24, 2.45) is 5.41 Å². The van der Waals surface area contributed by atoms with E-state index >= 15 is 0 Å². The molecule has 0 aliphatic rings. The first-order valence-corrected chi connectivity index (χ1v) is 5.63. The molecule has 0 spiro atoms. The monoisotopic (exact) mass is 234 g/mol. The number of nitrogens with zero attached hydrogens (tertiary/aromatic N) is 2. The summed E-state index contributed by atoms with van der Waals surface area (Å²) in [5, 5.41) is -0.440. The van der Waals surface area contributed by atoms with Gasteiger partial charge in [0.05, 0.1) is 0 Å². The lowest BCUT2D eigenvalue weighted by molar-refractivity contribution is -0.130. The van der Waals surface area contributed by atoms with Crippen molar-refractivity contribution in [2.45, 2.75) is 26.1 Å².